The van der Waals surface area contributed by atoms with Crippen LogP contribution in [-0.2, 0) is 0 Å². The quantitative estimate of drug-likeness (QED) is 0.530. The standard InChI is InChI=1S/C7H10N2/c1-5(9)7(4-8)6-2-3-6/h6H,2-3,9H2,1H3/b7-5-. The van der Waals surface area contributed by atoms with E-state index in [9.17, 15) is 0 Å². The Labute approximate surface area is 55.0 Å². The molecule has 0 bridgehead atoms. The van der Waals surface area contributed by atoms with E-state index < -0.39 is 0 Å². The molecule has 0 saturated heterocycles. The van der Waals surface area contributed by atoms with Gasteiger partial charge in [-0.25, -0.2) is 0 Å². The van der Waals surface area contributed by atoms with Crippen molar-refractivity contribution in [1.82, 2.24) is 0 Å². The van der Waals surface area contributed by atoms with Crippen molar-refractivity contribution in [2.24, 2.45) is 11.7 Å². The molecule has 0 spiro atoms. The van der Waals surface area contributed by atoms with E-state index in [0.29, 0.717) is 11.6 Å². The Morgan fingerprint density at radius 3 is 2.33 bits per heavy atom. The third kappa shape index (κ3) is 1.23. The lowest BCUT2D eigenvalue weighted by atomic mass is 10.1. The van der Waals surface area contributed by atoms with Gasteiger partial charge in [-0.05, 0) is 25.7 Å². The molecule has 1 saturated carbocycles. The summed E-state index contributed by atoms with van der Waals surface area (Å²) >= 11 is 0. The van der Waals surface area contributed by atoms with Crippen LogP contribution in [0.5, 0.6) is 0 Å². The van der Waals surface area contributed by atoms with Crippen LogP contribution in [0.2, 0.25) is 0 Å². The molecule has 0 unspecified atom stereocenters. The van der Waals surface area contributed by atoms with Crippen molar-refractivity contribution in [3.05, 3.63) is 11.3 Å². The molecule has 1 aliphatic rings. The molecule has 2 nitrogen and oxygen atoms in total. The van der Waals surface area contributed by atoms with Gasteiger partial charge in [-0.2, -0.15) is 5.26 Å². The number of hydrogen-bond donors (Lipinski definition) is 1. The summed E-state index contributed by atoms with van der Waals surface area (Å²) in [7, 11) is 0. The van der Waals surface area contributed by atoms with Crippen LogP contribution >= 0.6 is 0 Å². The van der Waals surface area contributed by atoms with Gasteiger partial charge in [-0.15, -0.1) is 0 Å². The van der Waals surface area contributed by atoms with Gasteiger partial charge in [-0.3, -0.25) is 0 Å². The van der Waals surface area contributed by atoms with Gasteiger partial charge in [0.15, 0.2) is 0 Å². The highest BCUT2D eigenvalue weighted by atomic mass is 14.6. The predicted molar refractivity (Wildman–Crippen MR) is 35.2 cm³/mol. The molecule has 0 aliphatic heterocycles. The molecule has 2 heteroatoms. The predicted octanol–water partition coefficient (Wildman–Crippen LogP) is 1.15. The molecule has 48 valence electrons. The second-order valence-electron chi connectivity index (χ2n) is 2.48. The highest BCUT2D eigenvalue weighted by molar-refractivity contribution is 5.30. The summed E-state index contributed by atoms with van der Waals surface area (Å²) in [6, 6.07) is 2.12. The van der Waals surface area contributed by atoms with E-state index in [1.807, 2.05) is 0 Å². The van der Waals surface area contributed by atoms with E-state index in [1.54, 1.807) is 6.92 Å². The fourth-order valence-corrected chi connectivity index (χ4v) is 0.873. The van der Waals surface area contributed by atoms with Gasteiger partial charge >= 0.3 is 0 Å². The summed E-state index contributed by atoms with van der Waals surface area (Å²) in [5.74, 6) is 0.500. The Hall–Kier alpha value is -0.970. The zero-order valence-electron chi connectivity index (χ0n) is 5.52. The number of nitrogens with two attached hydrogens (primary N) is 1. The smallest absolute Gasteiger partial charge is 0.0968 e. The Morgan fingerprint density at radius 1 is 1.67 bits per heavy atom. The average molecular weight is 122 g/mol. The Bertz CT molecular complexity index is 178. The van der Waals surface area contributed by atoms with Crippen LogP contribution in [0.25, 0.3) is 0 Å². The van der Waals surface area contributed by atoms with E-state index in [0.717, 1.165) is 18.4 Å². The maximum atomic E-state index is 8.52. The minimum atomic E-state index is 0.500. The number of nitrogens with zero attached hydrogens (tertiary/aromatic N) is 1. The maximum Gasteiger partial charge on any atom is 0.0968 e. The van der Waals surface area contributed by atoms with Gasteiger partial charge in [0.05, 0.1) is 11.6 Å². The molecule has 1 aliphatic carbocycles. The third-order valence-corrected chi connectivity index (χ3v) is 1.53. The lowest BCUT2D eigenvalue weighted by molar-refractivity contribution is 1.01. The summed E-state index contributed by atoms with van der Waals surface area (Å²) in [6.45, 7) is 1.79. The van der Waals surface area contributed by atoms with Gasteiger partial charge in [0.1, 0.15) is 0 Å². The van der Waals surface area contributed by atoms with E-state index in [1.165, 1.54) is 0 Å². The summed E-state index contributed by atoms with van der Waals surface area (Å²) in [6.07, 6.45) is 2.30. The van der Waals surface area contributed by atoms with E-state index in [-0.39, 0.29) is 0 Å². The van der Waals surface area contributed by atoms with E-state index in [2.05, 4.69) is 6.07 Å². The van der Waals surface area contributed by atoms with Crippen LogP contribution in [0, 0.1) is 17.2 Å². The normalized spacial score (nSPS) is 20.4. The van der Waals surface area contributed by atoms with Gasteiger partial charge < -0.3 is 5.73 Å². The summed E-state index contributed by atoms with van der Waals surface area (Å²) < 4.78 is 0. The Kier molecular flexibility index (Phi) is 1.44. The molecular weight excluding hydrogens is 112 g/mol. The maximum absolute atomic E-state index is 8.52. The highest BCUT2D eigenvalue weighted by Crippen LogP contribution is 2.36. The zero-order valence-corrected chi connectivity index (χ0v) is 5.52. The largest absolute Gasteiger partial charge is 0.401 e. The minimum Gasteiger partial charge on any atom is -0.401 e. The van der Waals surface area contributed by atoms with E-state index >= 15 is 0 Å². The molecule has 0 heterocycles. The number of hydrogen-bond acceptors (Lipinski definition) is 2. The first-order valence-electron chi connectivity index (χ1n) is 3.12. The number of nitriles is 1. The molecule has 0 aromatic carbocycles. The summed E-state index contributed by atoms with van der Waals surface area (Å²) in [5, 5.41) is 8.52. The van der Waals surface area contributed by atoms with Crippen LogP contribution in [0.4, 0.5) is 0 Å². The Balaban J connectivity index is 2.72. The summed E-state index contributed by atoms with van der Waals surface area (Å²) in [5.41, 5.74) is 6.94. The van der Waals surface area contributed by atoms with Gasteiger partial charge in [0, 0.05) is 5.70 Å². The van der Waals surface area contributed by atoms with Crippen molar-refractivity contribution >= 4 is 0 Å². The highest BCUT2D eigenvalue weighted by Gasteiger charge is 2.26. The molecular formula is C7H10N2. The monoisotopic (exact) mass is 122 g/mol. The lowest BCUT2D eigenvalue weighted by Gasteiger charge is -1.94. The second kappa shape index (κ2) is 2.10. The van der Waals surface area contributed by atoms with Crippen molar-refractivity contribution in [1.29, 1.82) is 5.26 Å². The molecule has 0 amide bonds. The van der Waals surface area contributed by atoms with Crippen LogP contribution in [-0.4, -0.2) is 0 Å². The van der Waals surface area contributed by atoms with Crippen molar-refractivity contribution in [2.45, 2.75) is 19.8 Å². The first-order valence-corrected chi connectivity index (χ1v) is 3.12. The number of allylic oxidation sites excluding steroid dienone is 2. The molecule has 0 radical (unpaired) electrons. The van der Waals surface area contributed by atoms with Crippen molar-refractivity contribution < 1.29 is 0 Å². The molecule has 0 atom stereocenters. The zero-order chi connectivity index (χ0) is 6.85. The molecule has 2 N–H and O–H groups in total. The third-order valence-electron chi connectivity index (χ3n) is 1.53. The van der Waals surface area contributed by atoms with Gasteiger partial charge in [-0.1, -0.05) is 0 Å². The van der Waals surface area contributed by atoms with Gasteiger partial charge in [0.25, 0.3) is 0 Å². The minimum absolute atomic E-state index is 0.500. The van der Waals surface area contributed by atoms with Crippen LogP contribution in [0.15, 0.2) is 11.3 Å². The van der Waals surface area contributed by atoms with Crippen molar-refractivity contribution in [2.75, 3.05) is 0 Å². The average Bonchev–Trinajstić information content (AvgIpc) is 2.50. The van der Waals surface area contributed by atoms with E-state index in [4.69, 9.17) is 11.0 Å². The molecule has 0 aromatic rings. The van der Waals surface area contributed by atoms with Crippen molar-refractivity contribution in [3.63, 3.8) is 0 Å². The molecule has 0 aromatic heterocycles. The van der Waals surface area contributed by atoms with Gasteiger partial charge in [0.2, 0.25) is 0 Å². The first kappa shape index (κ1) is 6.15. The number of rotatable bonds is 1. The fourth-order valence-electron chi connectivity index (χ4n) is 0.873. The summed E-state index contributed by atoms with van der Waals surface area (Å²) in [4.78, 5) is 0. The Morgan fingerprint density at radius 2 is 2.22 bits per heavy atom. The molecule has 1 rings (SSSR count). The first-order chi connectivity index (χ1) is 4.25. The fraction of sp³-hybridized carbons (Fsp3) is 0.571. The van der Waals surface area contributed by atoms with Crippen LogP contribution < -0.4 is 5.73 Å². The topological polar surface area (TPSA) is 49.8 Å². The van der Waals surface area contributed by atoms with Crippen LogP contribution in [0.3, 0.4) is 0 Å². The molecule has 9 heavy (non-hydrogen) atoms. The van der Waals surface area contributed by atoms with Crippen LogP contribution in [0.1, 0.15) is 19.8 Å². The molecule has 1 fully saturated rings. The van der Waals surface area contributed by atoms with Crippen molar-refractivity contribution in [3.8, 4) is 6.07 Å². The SMILES string of the molecule is C/C(N)=C(\C#N)C1CC1. The second-order valence-corrected chi connectivity index (χ2v) is 2.48. The lowest BCUT2D eigenvalue weighted by Crippen LogP contribution is -1.97.